The van der Waals surface area contributed by atoms with Gasteiger partial charge in [-0.05, 0) is 71.8 Å². The Hall–Kier alpha value is -1.30. The zero-order valence-corrected chi connectivity index (χ0v) is 13.8. The zero-order chi connectivity index (χ0) is 15.0. The van der Waals surface area contributed by atoms with Crippen LogP contribution in [0.3, 0.4) is 0 Å². The van der Waals surface area contributed by atoms with E-state index in [0.29, 0.717) is 0 Å². The van der Waals surface area contributed by atoms with Crippen molar-refractivity contribution in [2.75, 3.05) is 0 Å². The fraction of sp³-hybridized carbons (Fsp3) is 0.500. The second-order valence-electron chi connectivity index (χ2n) is 6.16. The lowest BCUT2D eigenvalue weighted by molar-refractivity contribution is 0.885. The first-order valence-corrected chi connectivity index (χ1v) is 7.82. The molecular weight excluding hydrogens is 240 g/mol. The lowest BCUT2D eigenvalue weighted by atomic mass is 9.98. The molecule has 20 heavy (non-hydrogen) atoms. The molecule has 0 saturated carbocycles. The van der Waals surface area contributed by atoms with Crippen LogP contribution in [0.2, 0.25) is 0 Å². The quantitative estimate of drug-likeness (QED) is 0.466. The van der Waals surface area contributed by atoms with Crippen LogP contribution in [-0.4, -0.2) is 0 Å². The number of allylic oxidation sites excluding steroid dienone is 9. The fourth-order valence-corrected chi connectivity index (χ4v) is 2.39. The van der Waals surface area contributed by atoms with E-state index in [1.54, 1.807) is 0 Å². The molecule has 0 radical (unpaired) electrons. The minimum atomic E-state index is 1.11. The van der Waals surface area contributed by atoms with Crippen molar-refractivity contribution >= 4 is 0 Å². The molecule has 0 bridgehead atoms. The van der Waals surface area contributed by atoms with E-state index < -0.39 is 0 Å². The Labute approximate surface area is 125 Å². The lowest BCUT2D eigenvalue weighted by Gasteiger charge is -2.08. The highest BCUT2D eigenvalue weighted by Gasteiger charge is 2.00. The molecule has 0 aliphatic heterocycles. The first kappa shape index (κ1) is 16.8. The van der Waals surface area contributed by atoms with Gasteiger partial charge in [0.05, 0.1) is 0 Å². The van der Waals surface area contributed by atoms with Crippen molar-refractivity contribution in [2.24, 2.45) is 0 Å². The van der Waals surface area contributed by atoms with Gasteiger partial charge in [0, 0.05) is 0 Å². The number of rotatable bonds is 1. The molecule has 0 atom stereocenters. The van der Waals surface area contributed by atoms with Crippen LogP contribution in [0.25, 0.3) is 0 Å². The minimum absolute atomic E-state index is 1.11. The summed E-state index contributed by atoms with van der Waals surface area (Å²) in [6.45, 7) is 13.0. The third kappa shape index (κ3) is 6.75. The van der Waals surface area contributed by atoms with E-state index in [9.17, 15) is 0 Å². The monoisotopic (exact) mass is 270 g/mol. The maximum Gasteiger partial charge on any atom is -0.0239 e. The van der Waals surface area contributed by atoms with Gasteiger partial charge in [-0.2, -0.15) is 0 Å². The maximum atomic E-state index is 4.11. The Morgan fingerprint density at radius 1 is 0.800 bits per heavy atom. The van der Waals surface area contributed by atoms with E-state index in [1.165, 1.54) is 40.7 Å². The molecule has 0 saturated heterocycles. The van der Waals surface area contributed by atoms with Gasteiger partial charge in [-0.15, -0.1) is 0 Å². The molecule has 0 heterocycles. The Kier molecular flexibility index (Phi) is 7.36. The predicted molar refractivity (Wildman–Crippen MR) is 91.9 cm³/mol. The lowest BCUT2D eigenvalue weighted by Crippen LogP contribution is -1.88. The normalized spacial score (nSPS) is 29.6. The van der Waals surface area contributed by atoms with E-state index in [4.69, 9.17) is 0 Å². The van der Waals surface area contributed by atoms with Crippen LogP contribution in [0, 0.1) is 0 Å². The molecule has 0 spiro atoms. The van der Waals surface area contributed by atoms with Gasteiger partial charge in [-0.1, -0.05) is 53.2 Å². The van der Waals surface area contributed by atoms with E-state index in [2.05, 4.69) is 58.6 Å². The van der Waals surface area contributed by atoms with Gasteiger partial charge in [-0.3, -0.25) is 0 Å². The average Bonchev–Trinajstić information content (AvgIpc) is 2.37. The summed E-state index contributed by atoms with van der Waals surface area (Å²) in [5.41, 5.74) is 7.07. The van der Waals surface area contributed by atoms with Crippen molar-refractivity contribution in [3.8, 4) is 0 Å². The highest BCUT2D eigenvalue weighted by atomic mass is 14.1. The molecule has 0 aromatic carbocycles. The molecule has 0 N–H and O–H groups in total. The van der Waals surface area contributed by atoms with Gasteiger partial charge in [-0.25, -0.2) is 0 Å². The van der Waals surface area contributed by atoms with Crippen LogP contribution in [0.1, 0.15) is 66.2 Å². The zero-order valence-electron chi connectivity index (χ0n) is 13.8. The SMILES string of the molecule is C=C(C)/C1=C/C=C(/C)CC/C=C(\C)CC/C=C(\C)CC1. The first-order valence-electron chi connectivity index (χ1n) is 7.82. The van der Waals surface area contributed by atoms with Crippen molar-refractivity contribution in [1.82, 2.24) is 0 Å². The highest BCUT2D eigenvalue weighted by Crippen LogP contribution is 2.20. The van der Waals surface area contributed by atoms with Gasteiger partial charge in [0.15, 0.2) is 0 Å². The summed E-state index contributed by atoms with van der Waals surface area (Å²) in [6.07, 6.45) is 16.3. The molecule has 0 aromatic heterocycles. The Bertz CT molecular complexity index is 452. The molecule has 1 aliphatic rings. The summed E-state index contributed by atoms with van der Waals surface area (Å²) in [5, 5.41) is 0. The van der Waals surface area contributed by atoms with Crippen molar-refractivity contribution in [1.29, 1.82) is 0 Å². The molecule has 0 nitrogen and oxygen atoms in total. The summed E-state index contributed by atoms with van der Waals surface area (Å²) in [7, 11) is 0. The Morgan fingerprint density at radius 2 is 1.35 bits per heavy atom. The van der Waals surface area contributed by atoms with E-state index in [-0.39, 0.29) is 0 Å². The van der Waals surface area contributed by atoms with Gasteiger partial charge in [0.25, 0.3) is 0 Å². The van der Waals surface area contributed by atoms with E-state index >= 15 is 0 Å². The van der Waals surface area contributed by atoms with Crippen LogP contribution in [0.15, 0.2) is 58.7 Å². The third-order valence-corrected chi connectivity index (χ3v) is 3.97. The standard InChI is InChI=1S/C20H30/c1-16(2)20-14-12-18(4)10-6-8-17(3)9-7-11-19(5)13-15-20/h8,11-12,14H,1,6-7,9-10,13,15H2,2-5H3/b17-8+,18-12-,19-11+,20-14+. The molecule has 0 amide bonds. The molecule has 1 rings (SSSR count). The highest BCUT2D eigenvalue weighted by molar-refractivity contribution is 5.31. The summed E-state index contributed by atoms with van der Waals surface area (Å²) >= 11 is 0. The van der Waals surface area contributed by atoms with Gasteiger partial charge < -0.3 is 0 Å². The van der Waals surface area contributed by atoms with E-state index in [1.807, 2.05) is 0 Å². The fourth-order valence-electron chi connectivity index (χ4n) is 2.39. The van der Waals surface area contributed by atoms with E-state index in [0.717, 1.165) is 25.7 Å². The molecule has 1 aliphatic carbocycles. The van der Waals surface area contributed by atoms with Crippen LogP contribution in [-0.2, 0) is 0 Å². The predicted octanol–water partition coefficient (Wildman–Crippen LogP) is 6.68. The van der Waals surface area contributed by atoms with Gasteiger partial charge in [0.1, 0.15) is 0 Å². The van der Waals surface area contributed by atoms with Crippen LogP contribution < -0.4 is 0 Å². The first-order chi connectivity index (χ1) is 9.49. The molecular formula is C20H30. The van der Waals surface area contributed by atoms with Crippen LogP contribution in [0.4, 0.5) is 0 Å². The van der Waals surface area contributed by atoms with Gasteiger partial charge >= 0.3 is 0 Å². The van der Waals surface area contributed by atoms with Crippen molar-refractivity contribution in [2.45, 2.75) is 66.2 Å². The van der Waals surface area contributed by atoms with Crippen LogP contribution in [0.5, 0.6) is 0 Å². The van der Waals surface area contributed by atoms with Crippen molar-refractivity contribution in [3.05, 3.63) is 58.7 Å². The average molecular weight is 270 g/mol. The number of hydrogen-bond donors (Lipinski definition) is 0. The smallest absolute Gasteiger partial charge is 0.0239 e. The Balaban J connectivity index is 2.90. The van der Waals surface area contributed by atoms with Crippen molar-refractivity contribution < 1.29 is 0 Å². The molecule has 0 heteroatoms. The second kappa shape index (κ2) is 8.79. The molecule has 110 valence electrons. The number of hydrogen-bond acceptors (Lipinski definition) is 0. The summed E-state index contributed by atoms with van der Waals surface area (Å²) in [5.74, 6) is 0. The second-order valence-corrected chi connectivity index (χ2v) is 6.16. The largest absolute Gasteiger partial charge is 0.0958 e. The van der Waals surface area contributed by atoms with Crippen LogP contribution >= 0.6 is 0 Å². The Morgan fingerprint density at radius 3 is 1.95 bits per heavy atom. The third-order valence-electron chi connectivity index (χ3n) is 3.97. The molecule has 0 aromatic rings. The molecule has 0 fully saturated rings. The minimum Gasteiger partial charge on any atom is -0.0958 e. The van der Waals surface area contributed by atoms with Crippen molar-refractivity contribution in [3.63, 3.8) is 0 Å². The summed E-state index contributed by atoms with van der Waals surface area (Å²) < 4.78 is 0. The molecule has 0 unspecified atom stereocenters. The maximum absolute atomic E-state index is 4.11. The summed E-state index contributed by atoms with van der Waals surface area (Å²) in [6, 6.07) is 0. The summed E-state index contributed by atoms with van der Waals surface area (Å²) in [4.78, 5) is 0. The van der Waals surface area contributed by atoms with Gasteiger partial charge in [0.2, 0.25) is 0 Å². The topological polar surface area (TPSA) is 0 Å².